The number of alkyl halides is 3. The number of pyridine rings is 1. The predicted octanol–water partition coefficient (Wildman–Crippen LogP) is 3.56. The zero-order valence-electron chi connectivity index (χ0n) is 14.8. The number of hydrogen-bond acceptors (Lipinski definition) is 3. The predicted molar refractivity (Wildman–Crippen MR) is 93.7 cm³/mol. The Morgan fingerprint density at radius 1 is 1.26 bits per heavy atom. The summed E-state index contributed by atoms with van der Waals surface area (Å²) < 4.78 is 40.7. The van der Waals surface area contributed by atoms with Crippen molar-refractivity contribution in [1.29, 1.82) is 0 Å². The molecule has 0 aliphatic carbocycles. The molecular formula is C19H17F3N4O. The van der Waals surface area contributed by atoms with Gasteiger partial charge in [0.15, 0.2) is 0 Å². The topological polar surface area (TPSA) is 51.0 Å². The fraction of sp³-hybridized carbons (Fsp3) is 0.316. The second-order valence-corrected chi connectivity index (χ2v) is 6.68. The van der Waals surface area contributed by atoms with Gasteiger partial charge in [0.05, 0.1) is 5.69 Å². The molecule has 140 valence electrons. The van der Waals surface area contributed by atoms with E-state index in [1.165, 1.54) is 13.1 Å². The van der Waals surface area contributed by atoms with Gasteiger partial charge in [-0.05, 0) is 11.5 Å². The molecule has 0 fully saturated rings. The zero-order chi connectivity index (χ0) is 19.3. The van der Waals surface area contributed by atoms with Crippen molar-refractivity contribution in [3.05, 3.63) is 47.4 Å². The van der Waals surface area contributed by atoms with E-state index in [4.69, 9.17) is 0 Å². The highest BCUT2D eigenvalue weighted by Crippen LogP contribution is 2.36. The Hall–Kier alpha value is -2.90. The maximum absolute atomic E-state index is 13.0. The van der Waals surface area contributed by atoms with Gasteiger partial charge in [0, 0.05) is 61.9 Å². The third kappa shape index (κ3) is 2.94. The number of halogens is 3. The van der Waals surface area contributed by atoms with Crippen molar-refractivity contribution in [1.82, 2.24) is 19.7 Å². The molecule has 4 rings (SSSR count). The SMILES string of the molecule is CC(=O)N1CCc2c(c(-c3cccc4cc(C(F)(F)F)ncc34)nn2C)C1. The molecule has 0 saturated carbocycles. The number of hydrogen-bond donors (Lipinski definition) is 0. The van der Waals surface area contributed by atoms with Crippen LogP contribution in [0.4, 0.5) is 13.2 Å². The Morgan fingerprint density at radius 2 is 2.04 bits per heavy atom. The third-order valence-electron chi connectivity index (χ3n) is 5.00. The number of carbonyl (C=O) groups excluding carboxylic acids is 1. The van der Waals surface area contributed by atoms with Crippen LogP contribution in [0, 0.1) is 0 Å². The maximum Gasteiger partial charge on any atom is 0.433 e. The first-order valence-electron chi connectivity index (χ1n) is 8.52. The quantitative estimate of drug-likeness (QED) is 0.655. The van der Waals surface area contributed by atoms with Gasteiger partial charge in [-0.15, -0.1) is 0 Å². The van der Waals surface area contributed by atoms with Crippen molar-refractivity contribution in [2.75, 3.05) is 6.54 Å². The van der Waals surface area contributed by atoms with E-state index >= 15 is 0 Å². The Labute approximate surface area is 153 Å². The molecule has 1 aliphatic heterocycles. The lowest BCUT2D eigenvalue weighted by molar-refractivity contribution is -0.141. The molecule has 8 heteroatoms. The zero-order valence-corrected chi connectivity index (χ0v) is 14.8. The molecule has 0 radical (unpaired) electrons. The van der Waals surface area contributed by atoms with Gasteiger partial charge in [-0.25, -0.2) is 0 Å². The minimum absolute atomic E-state index is 0.00939. The molecule has 0 atom stereocenters. The summed E-state index contributed by atoms with van der Waals surface area (Å²) in [6.45, 7) is 2.60. The molecule has 0 N–H and O–H groups in total. The highest BCUT2D eigenvalue weighted by Gasteiger charge is 2.33. The molecule has 0 bridgehead atoms. The number of aromatic nitrogens is 3. The second kappa shape index (κ2) is 6.07. The van der Waals surface area contributed by atoms with Crippen LogP contribution in [0.5, 0.6) is 0 Å². The van der Waals surface area contributed by atoms with Crippen LogP contribution < -0.4 is 0 Å². The van der Waals surface area contributed by atoms with Gasteiger partial charge in [-0.2, -0.15) is 18.3 Å². The van der Waals surface area contributed by atoms with Crippen LogP contribution in [0.3, 0.4) is 0 Å². The van der Waals surface area contributed by atoms with Crippen LogP contribution in [0.1, 0.15) is 23.9 Å². The summed E-state index contributed by atoms with van der Waals surface area (Å²) in [5.74, 6) is -0.00939. The van der Waals surface area contributed by atoms with Crippen LogP contribution in [-0.4, -0.2) is 32.1 Å². The van der Waals surface area contributed by atoms with Crippen LogP contribution >= 0.6 is 0 Å². The molecule has 1 aromatic carbocycles. The number of aryl methyl sites for hydroxylation is 1. The van der Waals surface area contributed by atoms with E-state index in [-0.39, 0.29) is 5.91 Å². The van der Waals surface area contributed by atoms with E-state index in [0.717, 1.165) is 22.9 Å². The van der Waals surface area contributed by atoms with E-state index < -0.39 is 11.9 Å². The van der Waals surface area contributed by atoms with Gasteiger partial charge in [0.1, 0.15) is 5.69 Å². The Bertz CT molecular complexity index is 1060. The molecular weight excluding hydrogens is 357 g/mol. The summed E-state index contributed by atoms with van der Waals surface area (Å²) in [5, 5.41) is 5.66. The average molecular weight is 374 g/mol. The number of carbonyl (C=O) groups is 1. The molecule has 0 spiro atoms. The van der Waals surface area contributed by atoms with Crippen molar-refractivity contribution in [3.63, 3.8) is 0 Å². The summed E-state index contributed by atoms with van der Waals surface area (Å²) in [6, 6.07) is 6.22. The van der Waals surface area contributed by atoms with Crippen LogP contribution in [0.15, 0.2) is 30.5 Å². The number of fused-ring (bicyclic) bond motifs is 2. The van der Waals surface area contributed by atoms with Gasteiger partial charge in [0.25, 0.3) is 0 Å². The number of amides is 1. The fourth-order valence-electron chi connectivity index (χ4n) is 3.61. The molecule has 0 saturated heterocycles. The lowest BCUT2D eigenvalue weighted by Gasteiger charge is -2.26. The van der Waals surface area contributed by atoms with Gasteiger partial charge < -0.3 is 4.90 Å². The molecule has 2 aromatic heterocycles. The standard InChI is InChI=1S/C19H17F3N4O/c1-11(27)26-7-6-16-15(10-26)18(24-25(16)2)13-5-3-4-12-8-17(19(20,21)22)23-9-14(12)13/h3-5,8-9H,6-7,10H2,1-2H3. The number of nitrogens with zero attached hydrogens (tertiary/aromatic N) is 4. The van der Waals surface area contributed by atoms with Crippen molar-refractivity contribution in [2.24, 2.45) is 7.05 Å². The van der Waals surface area contributed by atoms with Crippen molar-refractivity contribution >= 4 is 16.7 Å². The first-order valence-corrected chi connectivity index (χ1v) is 8.52. The highest BCUT2D eigenvalue weighted by atomic mass is 19.4. The third-order valence-corrected chi connectivity index (χ3v) is 5.00. The fourth-order valence-corrected chi connectivity index (χ4v) is 3.61. The van der Waals surface area contributed by atoms with Crippen LogP contribution in [0.2, 0.25) is 0 Å². The van der Waals surface area contributed by atoms with E-state index in [0.29, 0.717) is 36.0 Å². The number of rotatable bonds is 1. The van der Waals surface area contributed by atoms with E-state index in [2.05, 4.69) is 10.1 Å². The molecule has 1 aliphatic rings. The Kier molecular flexibility index (Phi) is 3.94. The van der Waals surface area contributed by atoms with Gasteiger partial charge >= 0.3 is 6.18 Å². The average Bonchev–Trinajstić information content (AvgIpc) is 2.96. The van der Waals surface area contributed by atoms with Crippen molar-refractivity contribution < 1.29 is 18.0 Å². The van der Waals surface area contributed by atoms with E-state index in [9.17, 15) is 18.0 Å². The monoisotopic (exact) mass is 374 g/mol. The minimum Gasteiger partial charge on any atom is -0.338 e. The minimum atomic E-state index is -4.49. The van der Waals surface area contributed by atoms with Crippen LogP contribution in [-0.2, 0) is 31.0 Å². The van der Waals surface area contributed by atoms with Crippen molar-refractivity contribution in [3.8, 4) is 11.3 Å². The normalized spacial score (nSPS) is 14.5. The van der Waals surface area contributed by atoms with Gasteiger partial charge in [0.2, 0.25) is 5.91 Å². The number of benzene rings is 1. The summed E-state index contributed by atoms with van der Waals surface area (Å²) in [4.78, 5) is 17.1. The Morgan fingerprint density at radius 3 is 2.74 bits per heavy atom. The molecule has 5 nitrogen and oxygen atoms in total. The van der Waals surface area contributed by atoms with Gasteiger partial charge in [-0.3, -0.25) is 14.5 Å². The molecule has 3 heterocycles. The second-order valence-electron chi connectivity index (χ2n) is 6.68. The summed E-state index contributed by atoms with van der Waals surface area (Å²) in [5.41, 5.74) is 2.46. The molecule has 0 unspecified atom stereocenters. The first-order chi connectivity index (χ1) is 12.8. The van der Waals surface area contributed by atoms with Gasteiger partial charge in [-0.1, -0.05) is 18.2 Å². The smallest absolute Gasteiger partial charge is 0.338 e. The highest BCUT2D eigenvalue weighted by molar-refractivity contribution is 5.96. The molecule has 3 aromatic rings. The van der Waals surface area contributed by atoms with E-state index in [1.54, 1.807) is 21.7 Å². The lowest BCUT2D eigenvalue weighted by Crippen LogP contribution is -2.34. The first kappa shape index (κ1) is 17.5. The van der Waals surface area contributed by atoms with Crippen molar-refractivity contribution in [2.45, 2.75) is 26.1 Å². The maximum atomic E-state index is 13.0. The largest absolute Gasteiger partial charge is 0.433 e. The lowest BCUT2D eigenvalue weighted by atomic mass is 9.97. The van der Waals surface area contributed by atoms with Crippen LogP contribution in [0.25, 0.3) is 22.0 Å². The summed E-state index contributed by atoms with van der Waals surface area (Å²) in [6.07, 6.45) is -2.55. The summed E-state index contributed by atoms with van der Waals surface area (Å²) >= 11 is 0. The molecule has 1 amide bonds. The molecule has 27 heavy (non-hydrogen) atoms. The van der Waals surface area contributed by atoms with E-state index in [1.807, 2.05) is 13.1 Å². The Balaban J connectivity index is 1.88. The summed E-state index contributed by atoms with van der Waals surface area (Å²) in [7, 11) is 1.84.